The lowest BCUT2D eigenvalue weighted by Gasteiger charge is -2.21. The van der Waals surface area contributed by atoms with Crippen molar-refractivity contribution >= 4 is 27.3 Å². The average Bonchev–Trinajstić information content (AvgIpc) is 2.57. The summed E-state index contributed by atoms with van der Waals surface area (Å²) in [5.74, 6) is -0.223. The molecule has 2 rings (SSSR count). The van der Waals surface area contributed by atoms with Gasteiger partial charge in [-0.1, -0.05) is 24.3 Å². The van der Waals surface area contributed by atoms with Crippen LogP contribution in [0, 0.1) is 5.82 Å². The molecule has 2 unspecified atom stereocenters. The van der Waals surface area contributed by atoms with Gasteiger partial charge in [0.2, 0.25) is 0 Å². The average molecular weight is 402 g/mol. The second-order valence-corrected chi connectivity index (χ2v) is 5.86. The number of benzene rings is 2. The minimum atomic E-state index is -2.04. The van der Waals surface area contributed by atoms with Gasteiger partial charge in [0, 0.05) is 11.6 Å². The van der Waals surface area contributed by atoms with Crippen molar-refractivity contribution < 1.29 is 23.6 Å². The molecule has 0 bridgehead atoms. The van der Waals surface area contributed by atoms with Crippen molar-refractivity contribution in [1.82, 2.24) is 0 Å². The van der Waals surface area contributed by atoms with E-state index >= 15 is 0 Å². The predicted octanol–water partition coefficient (Wildman–Crippen LogP) is 4.44. The summed E-state index contributed by atoms with van der Waals surface area (Å²) < 4.78 is 44.4. The van der Waals surface area contributed by atoms with Crippen LogP contribution < -0.4 is 15.8 Å². The number of anilines is 1. The lowest BCUT2D eigenvalue weighted by atomic mass is 10.0. The maximum atomic E-state index is 13.5. The van der Waals surface area contributed by atoms with Crippen LogP contribution in [0.3, 0.4) is 0 Å². The highest BCUT2D eigenvalue weighted by atomic mass is 79.9. The van der Waals surface area contributed by atoms with Crippen LogP contribution >= 0.6 is 15.9 Å². The highest BCUT2D eigenvalue weighted by Gasteiger charge is 2.18. The Morgan fingerprint density at radius 2 is 2.04 bits per heavy atom. The molecule has 24 heavy (non-hydrogen) atoms. The van der Waals surface area contributed by atoms with Gasteiger partial charge in [-0.3, -0.25) is 0 Å². The van der Waals surface area contributed by atoms with Crippen molar-refractivity contribution in [2.24, 2.45) is 0 Å². The summed E-state index contributed by atoms with van der Waals surface area (Å²) in [6, 6.07) is 9.03. The first-order valence-electron chi connectivity index (χ1n) is 7.12. The Balaban J connectivity index is 2.33. The number of para-hydroxylation sites is 1. The van der Waals surface area contributed by atoms with Gasteiger partial charge in [0.1, 0.15) is 11.6 Å². The van der Waals surface area contributed by atoms with E-state index in [0.717, 1.165) is 0 Å². The predicted molar refractivity (Wildman–Crippen MR) is 91.1 cm³/mol. The van der Waals surface area contributed by atoms with Gasteiger partial charge in [-0.05, 0) is 28.1 Å². The van der Waals surface area contributed by atoms with E-state index in [0.29, 0.717) is 16.9 Å². The first-order valence-corrected chi connectivity index (χ1v) is 7.91. The molecule has 7 heteroatoms. The van der Waals surface area contributed by atoms with Gasteiger partial charge in [-0.2, -0.15) is 4.39 Å². The number of rotatable bonds is 7. The van der Waals surface area contributed by atoms with E-state index in [1.807, 2.05) is 0 Å². The van der Waals surface area contributed by atoms with E-state index in [9.17, 15) is 13.2 Å². The molecule has 0 aliphatic heterocycles. The maximum absolute atomic E-state index is 13.5. The quantitative estimate of drug-likeness (QED) is 0.673. The largest absolute Gasteiger partial charge is 0.457 e. The number of hydrogen-bond donors (Lipinski definition) is 2. The monoisotopic (exact) mass is 401 g/mol. The van der Waals surface area contributed by atoms with Crippen molar-refractivity contribution in [2.45, 2.75) is 12.4 Å². The molecule has 2 atom stereocenters. The lowest BCUT2D eigenvalue weighted by Crippen LogP contribution is -2.41. The minimum absolute atomic E-state index is 0.201. The van der Waals surface area contributed by atoms with Gasteiger partial charge in [0.15, 0.2) is 12.4 Å². The third-order valence-corrected chi connectivity index (χ3v) is 3.93. The third kappa shape index (κ3) is 4.30. The number of ether oxygens (including phenoxy) is 1. The van der Waals surface area contributed by atoms with Crippen LogP contribution in [0.5, 0.6) is 5.75 Å². The number of halogens is 4. The van der Waals surface area contributed by atoms with Crippen LogP contribution in [0.15, 0.2) is 53.5 Å². The van der Waals surface area contributed by atoms with Crippen molar-refractivity contribution in [3.05, 3.63) is 64.9 Å². The first kappa shape index (κ1) is 18.4. The first-order chi connectivity index (χ1) is 11.5. The molecular formula is C17H17BrF3N2O+. The summed E-state index contributed by atoms with van der Waals surface area (Å²) in [5.41, 5.74) is 5.39. The highest BCUT2D eigenvalue weighted by Crippen LogP contribution is 2.33. The standard InChI is InChI=1S/C17H16BrF3N2O/c1-2-14(23-15-7-11(18)12(20)8-13(15)22)10-5-3-4-6-16(10)24-17(21)9-19/h2-8,14,17,23H,1,9,22H2/p+1. The molecule has 0 amide bonds. The zero-order valence-corrected chi connectivity index (χ0v) is 14.3. The molecule has 128 valence electrons. The Labute approximate surface area is 146 Å². The van der Waals surface area contributed by atoms with Crippen molar-refractivity contribution in [3.63, 3.8) is 0 Å². The SMILES string of the molecule is C=CC(Nc1cc(Br)c(F)cc1[NH3+])c1ccccc1OC(F)CF. The van der Waals surface area contributed by atoms with Gasteiger partial charge >= 0.3 is 0 Å². The van der Waals surface area contributed by atoms with Gasteiger partial charge in [0.05, 0.1) is 16.2 Å². The van der Waals surface area contributed by atoms with E-state index in [1.165, 1.54) is 6.07 Å². The van der Waals surface area contributed by atoms with E-state index in [4.69, 9.17) is 4.74 Å². The number of alkyl halides is 2. The number of quaternary nitrogens is 1. The number of nitrogens with one attached hydrogen (secondary N) is 1. The van der Waals surface area contributed by atoms with Gasteiger partial charge < -0.3 is 15.8 Å². The van der Waals surface area contributed by atoms with Gasteiger partial charge in [-0.25, -0.2) is 8.78 Å². The van der Waals surface area contributed by atoms with Crippen LogP contribution in [0.4, 0.5) is 24.5 Å². The second kappa shape index (κ2) is 8.21. The Morgan fingerprint density at radius 1 is 1.33 bits per heavy atom. The van der Waals surface area contributed by atoms with E-state index < -0.39 is 24.9 Å². The summed E-state index contributed by atoms with van der Waals surface area (Å²) in [6.45, 7) is 2.51. The Kier molecular flexibility index (Phi) is 6.28. The van der Waals surface area contributed by atoms with Crippen molar-refractivity contribution in [1.29, 1.82) is 0 Å². The fourth-order valence-corrected chi connectivity index (χ4v) is 2.51. The summed E-state index contributed by atoms with van der Waals surface area (Å²) in [6.07, 6.45) is -0.457. The molecule has 0 aromatic heterocycles. The molecular weight excluding hydrogens is 385 g/mol. The summed E-state index contributed by atoms with van der Waals surface area (Å²) in [5, 5.41) is 3.14. The van der Waals surface area contributed by atoms with E-state index in [-0.39, 0.29) is 10.2 Å². The fraction of sp³-hybridized carbons (Fsp3) is 0.176. The third-order valence-electron chi connectivity index (χ3n) is 3.32. The van der Waals surface area contributed by atoms with Crippen LogP contribution in [-0.4, -0.2) is 13.0 Å². The Hall–Kier alpha value is -1.99. The van der Waals surface area contributed by atoms with Crippen molar-refractivity contribution in [2.75, 3.05) is 12.0 Å². The Morgan fingerprint density at radius 3 is 2.71 bits per heavy atom. The molecule has 0 aliphatic rings. The molecule has 2 aromatic rings. The molecule has 0 spiro atoms. The van der Waals surface area contributed by atoms with Gasteiger partial charge in [-0.15, -0.1) is 6.58 Å². The molecule has 0 saturated carbocycles. The maximum Gasteiger partial charge on any atom is 0.266 e. The van der Waals surface area contributed by atoms with E-state index in [1.54, 1.807) is 36.4 Å². The summed E-state index contributed by atoms with van der Waals surface area (Å²) in [4.78, 5) is 0. The minimum Gasteiger partial charge on any atom is -0.457 e. The fourth-order valence-electron chi connectivity index (χ4n) is 2.17. The molecule has 0 saturated heterocycles. The highest BCUT2D eigenvalue weighted by molar-refractivity contribution is 9.10. The Bertz CT molecular complexity index is 727. The molecule has 2 aromatic carbocycles. The molecule has 0 aliphatic carbocycles. The normalized spacial score (nSPS) is 13.2. The molecule has 0 radical (unpaired) electrons. The summed E-state index contributed by atoms with van der Waals surface area (Å²) >= 11 is 3.12. The van der Waals surface area contributed by atoms with E-state index in [2.05, 4.69) is 33.6 Å². The van der Waals surface area contributed by atoms with Gasteiger partial charge in [0.25, 0.3) is 6.36 Å². The van der Waals surface area contributed by atoms with Crippen LogP contribution in [-0.2, 0) is 0 Å². The van der Waals surface area contributed by atoms with Crippen LogP contribution in [0.25, 0.3) is 0 Å². The molecule has 3 nitrogen and oxygen atoms in total. The molecule has 4 N–H and O–H groups in total. The topological polar surface area (TPSA) is 48.9 Å². The lowest BCUT2D eigenvalue weighted by molar-refractivity contribution is -0.253. The molecule has 0 fully saturated rings. The zero-order valence-electron chi connectivity index (χ0n) is 12.7. The van der Waals surface area contributed by atoms with Crippen molar-refractivity contribution in [3.8, 4) is 5.75 Å². The zero-order chi connectivity index (χ0) is 17.7. The molecule has 0 heterocycles. The van der Waals surface area contributed by atoms with Crippen LogP contribution in [0.1, 0.15) is 11.6 Å². The van der Waals surface area contributed by atoms with Crippen LogP contribution in [0.2, 0.25) is 0 Å². The number of hydrogen-bond acceptors (Lipinski definition) is 2. The smallest absolute Gasteiger partial charge is 0.266 e. The second-order valence-electron chi connectivity index (χ2n) is 5.00. The summed E-state index contributed by atoms with van der Waals surface area (Å²) in [7, 11) is 0.